The van der Waals surface area contributed by atoms with E-state index in [4.69, 9.17) is 0 Å². The molecule has 4 aromatic rings. The minimum Gasteiger partial charge on any atom is -0.372 e. The Labute approximate surface area is 223 Å². The number of nitrogens with zero attached hydrogens (tertiary/aromatic N) is 1. The van der Waals surface area contributed by atoms with Gasteiger partial charge in [-0.25, -0.2) is 0 Å². The van der Waals surface area contributed by atoms with Crippen LogP contribution in [0.3, 0.4) is 0 Å². The molecule has 0 aliphatic rings. The van der Waals surface area contributed by atoms with Crippen molar-refractivity contribution < 1.29 is 0 Å². The van der Waals surface area contributed by atoms with Gasteiger partial charge in [-0.05, 0) is 72.2 Å². The van der Waals surface area contributed by atoms with E-state index in [1.165, 1.54) is 50.2 Å². The standard InChI is InChI=1S/C36H39N/c1-5-26-37(27-6-2)34-22-20-33(21-23-34)35(30-10-8-7-9-11-30)24-25-36(31-16-12-28(3)13-17-31)32-18-14-29(4)15-19-32/h7-25H,5-6,26-27H2,1-4H3. The lowest BCUT2D eigenvalue weighted by Gasteiger charge is -2.24. The van der Waals surface area contributed by atoms with Crippen molar-refractivity contribution in [3.05, 3.63) is 149 Å². The molecule has 0 N–H and O–H groups in total. The van der Waals surface area contributed by atoms with Gasteiger partial charge in [0, 0.05) is 18.8 Å². The van der Waals surface area contributed by atoms with Crippen LogP contribution >= 0.6 is 0 Å². The molecule has 1 nitrogen and oxygen atoms in total. The molecule has 4 rings (SSSR count). The van der Waals surface area contributed by atoms with Crippen molar-refractivity contribution in [2.75, 3.05) is 18.0 Å². The zero-order valence-corrected chi connectivity index (χ0v) is 22.7. The van der Waals surface area contributed by atoms with Gasteiger partial charge in [0.15, 0.2) is 0 Å². The van der Waals surface area contributed by atoms with Crippen LogP contribution in [0.5, 0.6) is 0 Å². The molecule has 37 heavy (non-hydrogen) atoms. The van der Waals surface area contributed by atoms with Gasteiger partial charge in [-0.3, -0.25) is 0 Å². The van der Waals surface area contributed by atoms with Gasteiger partial charge in [0.1, 0.15) is 0 Å². The summed E-state index contributed by atoms with van der Waals surface area (Å²) >= 11 is 0. The quantitative estimate of drug-likeness (QED) is 0.202. The fourth-order valence-electron chi connectivity index (χ4n) is 4.73. The molecule has 0 aliphatic carbocycles. The van der Waals surface area contributed by atoms with E-state index >= 15 is 0 Å². The van der Waals surface area contributed by atoms with Crippen LogP contribution in [0.2, 0.25) is 0 Å². The molecule has 0 amide bonds. The van der Waals surface area contributed by atoms with Crippen molar-refractivity contribution in [1.29, 1.82) is 0 Å². The molecule has 0 heterocycles. The maximum atomic E-state index is 2.49. The lowest BCUT2D eigenvalue weighted by molar-refractivity contribution is 0.745. The van der Waals surface area contributed by atoms with Gasteiger partial charge in [-0.2, -0.15) is 0 Å². The normalized spacial score (nSPS) is 11.3. The van der Waals surface area contributed by atoms with E-state index in [1.807, 2.05) is 0 Å². The van der Waals surface area contributed by atoms with Crippen molar-refractivity contribution in [3.63, 3.8) is 0 Å². The number of rotatable bonds is 10. The van der Waals surface area contributed by atoms with Gasteiger partial charge in [0.2, 0.25) is 0 Å². The molecule has 0 aliphatic heterocycles. The summed E-state index contributed by atoms with van der Waals surface area (Å²) in [7, 11) is 0. The third kappa shape index (κ3) is 6.89. The van der Waals surface area contributed by atoms with Gasteiger partial charge in [-0.1, -0.05) is 128 Å². The largest absolute Gasteiger partial charge is 0.372 e. The SMILES string of the molecule is CCCN(CCC)c1ccc(C(=CC=C(c2ccc(C)cc2)c2ccc(C)cc2)c2ccccc2)cc1. The van der Waals surface area contributed by atoms with Gasteiger partial charge >= 0.3 is 0 Å². The predicted octanol–water partition coefficient (Wildman–Crippen LogP) is 9.49. The van der Waals surface area contributed by atoms with Gasteiger partial charge in [0.25, 0.3) is 0 Å². The summed E-state index contributed by atoms with van der Waals surface area (Å²) in [6, 6.07) is 37.5. The molecule has 0 spiro atoms. The second-order valence-electron chi connectivity index (χ2n) is 9.79. The molecule has 0 saturated carbocycles. The van der Waals surface area contributed by atoms with Crippen LogP contribution in [0, 0.1) is 13.8 Å². The molecule has 0 radical (unpaired) electrons. The fourth-order valence-corrected chi connectivity index (χ4v) is 4.73. The zero-order chi connectivity index (χ0) is 26.0. The van der Waals surface area contributed by atoms with E-state index < -0.39 is 0 Å². The molecule has 0 unspecified atom stereocenters. The second-order valence-corrected chi connectivity index (χ2v) is 9.79. The lowest BCUT2D eigenvalue weighted by Crippen LogP contribution is -2.24. The van der Waals surface area contributed by atoms with E-state index in [9.17, 15) is 0 Å². The highest BCUT2D eigenvalue weighted by molar-refractivity contribution is 5.86. The molecule has 0 bridgehead atoms. The highest BCUT2D eigenvalue weighted by Crippen LogP contribution is 2.29. The Morgan fingerprint density at radius 3 is 1.30 bits per heavy atom. The molecule has 0 saturated heterocycles. The van der Waals surface area contributed by atoms with Crippen LogP contribution in [-0.2, 0) is 0 Å². The predicted molar refractivity (Wildman–Crippen MR) is 162 cm³/mol. The maximum absolute atomic E-state index is 2.49. The van der Waals surface area contributed by atoms with Gasteiger partial charge < -0.3 is 4.90 Å². The molecule has 4 aromatic carbocycles. The van der Waals surface area contributed by atoms with E-state index in [0.29, 0.717) is 0 Å². The van der Waals surface area contributed by atoms with Crippen LogP contribution in [-0.4, -0.2) is 13.1 Å². The monoisotopic (exact) mass is 485 g/mol. The van der Waals surface area contributed by atoms with E-state index in [1.54, 1.807) is 0 Å². The fraction of sp³-hybridized carbons (Fsp3) is 0.222. The smallest absolute Gasteiger partial charge is 0.0366 e. The summed E-state index contributed by atoms with van der Waals surface area (Å²) in [5.41, 5.74) is 11.2. The molecule has 0 aromatic heterocycles. The van der Waals surface area contributed by atoms with Crippen molar-refractivity contribution in [3.8, 4) is 0 Å². The molecule has 0 atom stereocenters. The van der Waals surface area contributed by atoms with Crippen molar-refractivity contribution in [2.24, 2.45) is 0 Å². The van der Waals surface area contributed by atoms with Crippen molar-refractivity contribution >= 4 is 16.8 Å². The minimum absolute atomic E-state index is 1.09. The average molecular weight is 486 g/mol. The number of hydrogen-bond donors (Lipinski definition) is 0. The Kier molecular flexibility index (Phi) is 9.16. The second kappa shape index (κ2) is 12.9. The van der Waals surface area contributed by atoms with Crippen molar-refractivity contribution in [2.45, 2.75) is 40.5 Å². The average Bonchev–Trinajstić information content (AvgIpc) is 2.93. The van der Waals surface area contributed by atoms with Crippen LogP contribution in [0.1, 0.15) is 60.1 Å². The Bertz CT molecular complexity index is 1260. The Morgan fingerprint density at radius 2 is 0.892 bits per heavy atom. The summed E-state index contributed by atoms with van der Waals surface area (Å²) in [5.74, 6) is 0. The van der Waals surface area contributed by atoms with Crippen LogP contribution in [0.25, 0.3) is 11.1 Å². The molecule has 1 heteroatoms. The molecular formula is C36H39N. The van der Waals surface area contributed by atoms with E-state index in [0.717, 1.165) is 25.9 Å². The topological polar surface area (TPSA) is 3.24 Å². The Morgan fingerprint density at radius 1 is 0.514 bits per heavy atom. The first-order valence-electron chi connectivity index (χ1n) is 13.6. The van der Waals surface area contributed by atoms with E-state index in [2.05, 4.69) is 148 Å². The van der Waals surface area contributed by atoms with Crippen molar-refractivity contribution in [1.82, 2.24) is 0 Å². The van der Waals surface area contributed by atoms with E-state index in [-0.39, 0.29) is 0 Å². The van der Waals surface area contributed by atoms with Crippen LogP contribution in [0.4, 0.5) is 5.69 Å². The molecule has 0 fully saturated rings. The first-order valence-corrected chi connectivity index (χ1v) is 13.6. The summed E-state index contributed by atoms with van der Waals surface area (Å²) in [6.07, 6.45) is 6.88. The number of allylic oxidation sites excluding steroid dienone is 2. The number of aryl methyl sites for hydroxylation is 2. The zero-order valence-electron chi connectivity index (χ0n) is 22.7. The highest BCUT2D eigenvalue weighted by atomic mass is 15.1. The first-order chi connectivity index (χ1) is 18.1. The first kappa shape index (κ1) is 26.2. The third-order valence-electron chi connectivity index (χ3n) is 6.76. The Balaban J connectivity index is 1.80. The third-order valence-corrected chi connectivity index (χ3v) is 6.76. The molecule has 188 valence electrons. The van der Waals surface area contributed by atoms with Crippen LogP contribution < -0.4 is 4.90 Å². The van der Waals surface area contributed by atoms with Gasteiger partial charge in [-0.15, -0.1) is 0 Å². The molecular weight excluding hydrogens is 446 g/mol. The van der Waals surface area contributed by atoms with Crippen LogP contribution in [0.15, 0.2) is 115 Å². The highest BCUT2D eigenvalue weighted by Gasteiger charge is 2.09. The Hall–Kier alpha value is -3.84. The summed E-state index contributed by atoms with van der Waals surface area (Å²) in [5, 5.41) is 0. The summed E-state index contributed by atoms with van der Waals surface area (Å²) in [6.45, 7) is 11.0. The number of anilines is 1. The van der Waals surface area contributed by atoms with Gasteiger partial charge in [0.05, 0.1) is 0 Å². The number of hydrogen-bond acceptors (Lipinski definition) is 1. The summed E-state index contributed by atoms with van der Waals surface area (Å²) in [4.78, 5) is 2.49. The maximum Gasteiger partial charge on any atom is 0.0366 e. The lowest BCUT2D eigenvalue weighted by atomic mass is 9.93. The summed E-state index contributed by atoms with van der Waals surface area (Å²) < 4.78 is 0. The number of benzene rings is 4. The minimum atomic E-state index is 1.09.